The molecule has 0 aliphatic rings. The molecule has 0 fully saturated rings. The van der Waals surface area contributed by atoms with E-state index in [1.165, 1.54) is 11.6 Å². The van der Waals surface area contributed by atoms with Gasteiger partial charge in [-0.05, 0) is 43.5 Å². The van der Waals surface area contributed by atoms with Crippen LogP contribution >= 0.6 is 11.6 Å². The quantitative estimate of drug-likeness (QED) is 0.786. The van der Waals surface area contributed by atoms with Gasteiger partial charge in [0.05, 0.1) is 0 Å². The first kappa shape index (κ1) is 16.0. The van der Waals surface area contributed by atoms with E-state index < -0.39 is 0 Å². The van der Waals surface area contributed by atoms with Gasteiger partial charge in [0, 0.05) is 16.6 Å². The zero-order valence-corrected chi connectivity index (χ0v) is 13.0. The smallest absolute Gasteiger partial charge is 0.127 e. The van der Waals surface area contributed by atoms with E-state index in [1.807, 2.05) is 18.2 Å². The van der Waals surface area contributed by atoms with Crippen LogP contribution < -0.4 is 5.32 Å². The van der Waals surface area contributed by atoms with E-state index in [-0.39, 0.29) is 11.9 Å². The largest absolute Gasteiger partial charge is 0.314 e. The highest BCUT2D eigenvalue weighted by molar-refractivity contribution is 6.31. The zero-order chi connectivity index (χ0) is 15.1. The van der Waals surface area contributed by atoms with Crippen LogP contribution in [0.15, 0.2) is 48.5 Å². The summed E-state index contributed by atoms with van der Waals surface area (Å²) in [4.78, 5) is 0. The first-order chi connectivity index (χ1) is 10.2. The second kappa shape index (κ2) is 8.16. The lowest BCUT2D eigenvalue weighted by Gasteiger charge is -2.19. The molecule has 0 saturated carbocycles. The molecule has 1 unspecified atom stereocenters. The molecule has 21 heavy (non-hydrogen) atoms. The third-order valence-corrected chi connectivity index (χ3v) is 3.98. The zero-order valence-electron chi connectivity index (χ0n) is 12.3. The van der Waals surface area contributed by atoms with E-state index in [2.05, 4.69) is 24.4 Å². The van der Waals surface area contributed by atoms with Gasteiger partial charge < -0.3 is 5.32 Å². The summed E-state index contributed by atoms with van der Waals surface area (Å²) in [7, 11) is 0. The molecule has 0 aromatic heterocycles. The lowest BCUT2D eigenvalue weighted by molar-refractivity contribution is 0.480. The minimum Gasteiger partial charge on any atom is -0.314 e. The first-order valence-electron chi connectivity index (χ1n) is 7.41. The van der Waals surface area contributed by atoms with Gasteiger partial charge in [-0.3, -0.25) is 0 Å². The third-order valence-electron chi connectivity index (χ3n) is 3.63. The molecular formula is C18H21ClFN. The molecule has 3 heteroatoms. The molecule has 0 amide bonds. The SMILES string of the molecule is CCNC(CCc1ccccc1)Cc1c(F)cccc1Cl. The van der Waals surface area contributed by atoms with Crippen molar-refractivity contribution in [3.63, 3.8) is 0 Å². The van der Waals surface area contributed by atoms with Crippen molar-refractivity contribution >= 4 is 11.6 Å². The maximum absolute atomic E-state index is 13.9. The van der Waals surface area contributed by atoms with Crippen LogP contribution in [-0.2, 0) is 12.8 Å². The van der Waals surface area contributed by atoms with Gasteiger partial charge in [0.25, 0.3) is 0 Å². The maximum Gasteiger partial charge on any atom is 0.127 e. The van der Waals surface area contributed by atoms with Gasteiger partial charge in [0.15, 0.2) is 0 Å². The van der Waals surface area contributed by atoms with Crippen LogP contribution in [0, 0.1) is 5.82 Å². The fourth-order valence-electron chi connectivity index (χ4n) is 2.52. The van der Waals surface area contributed by atoms with Gasteiger partial charge in [-0.25, -0.2) is 4.39 Å². The summed E-state index contributed by atoms with van der Waals surface area (Å²) in [6, 6.07) is 15.5. The van der Waals surface area contributed by atoms with Crippen molar-refractivity contribution in [1.82, 2.24) is 5.32 Å². The third kappa shape index (κ3) is 4.83. The van der Waals surface area contributed by atoms with Crippen molar-refractivity contribution in [2.24, 2.45) is 0 Å². The van der Waals surface area contributed by atoms with E-state index in [0.717, 1.165) is 19.4 Å². The molecule has 0 aliphatic carbocycles. The van der Waals surface area contributed by atoms with Gasteiger partial charge in [-0.2, -0.15) is 0 Å². The Morgan fingerprint density at radius 2 is 1.86 bits per heavy atom. The molecular weight excluding hydrogens is 285 g/mol. The normalized spacial score (nSPS) is 12.3. The highest BCUT2D eigenvalue weighted by Gasteiger charge is 2.14. The standard InChI is InChI=1S/C18H21ClFN/c1-2-21-15(12-11-14-7-4-3-5-8-14)13-16-17(19)9-6-10-18(16)20/h3-10,15,21H,2,11-13H2,1H3. The van der Waals surface area contributed by atoms with Gasteiger partial charge in [-0.15, -0.1) is 0 Å². The minimum absolute atomic E-state index is 0.217. The van der Waals surface area contributed by atoms with Crippen LogP contribution in [0.2, 0.25) is 5.02 Å². The molecule has 0 bridgehead atoms. The van der Waals surface area contributed by atoms with Gasteiger partial charge in [-0.1, -0.05) is 54.9 Å². The van der Waals surface area contributed by atoms with E-state index in [0.29, 0.717) is 17.0 Å². The average Bonchev–Trinajstić information content (AvgIpc) is 2.49. The summed E-state index contributed by atoms with van der Waals surface area (Å²) in [5, 5.41) is 3.94. The Hall–Kier alpha value is -1.38. The second-order valence-corrected chi connectivity index (χ2v) is 5.59. The lowest BCUT2D eigenvalue weighted by Crippen LogP contribution is -2.32. The monoisotopic (exact) mass is 305 g/mol. The Morgan fingerprint density at radius 1 is 1.10 bits per heavy atom. The summed E-state index contributed by atoms with van der Waals surface area (Å²) >= 11 is 6.12. The van der Waals surface area contributed by atoms with Crippen molar-refractivity contribution in [2.75, 3.05) is 6.54 Å². The van der Waals surface area contributed by atoms with Crippen LogP contribution in [0.1, 0.15) is 24.5 Å². The number of hydrogen-bond acceptors (Lipinski definition) is 1. The molecule has 0 aliphatic heterocycles. The first-order valence-corrected chi connectivity index (χ1v) is 7.78. The Labute approximate surface area is 131 Å². The van der Waals surface area contributed by atoms with Crippen LogP contribution in [0.5, 0.6) is 0 Å². The fraction of sp³-hybridized carbons (Fsp3) is 0.333. The number of hydrogen-bond donors (Lipinski definition) is 1. The highest BCUT2D eigenvalue weighted by Crippen LogP contribution is 2.21. The molecule has 112 valence electrons. The molecule has 2 rings (SSSR count). The highest BCUT2D eigenvalue weighted by atomic mass is 35.5. The van der Waals surface area contributed by atoms with E-state index in [4.69, 9.17) is 11.6 Å². The Bertz CT molecular complexity index is 536. The molecule has 0 saturated heterocycles. The van der Waals surface area contributed by atoms with E-state index in [1.54, 1.807) is 12.1 Å². The predicted octanol–water partition coefficient (Wildman–Crippen LogP) is 4.63. The number of halogens is 2. The molecule has 0 spiro atoms. The average molecular weight is 306 g/mol. The van der Waals surface area contributed by atoms with E-state index >= 15 is 0 Å². The summed E-state index contributed by atoms with van der Waals surface area (Å²) in [5.74, 6) is -0.217. The van der Waals surface area contributed by atoms with Gasteiger partial charge in [0.1, 0.15) is 5.82 Å². The summed E-state index contributed by atoms with van der Waals surface area (Å²) in [6.45, 7) is 2.93. The molecule has 0 radical (unpaired) electrons. The number of likely N-dealkylation sites (N-methyl/N-ethyl adjacent to an activating group) is 1. The molecule has 0 heterocycles. The molecule has 2 aromatic rings. The van der Waals surface area contributed by atoms with Crippen LogP contribution in [0.4, 0.5) is 4.39 Å². The molecule has 1 N–H and O–H groups in total. The van der Waals surface area contributed by atoms with Crippen LogP contribution in [0.3, 0.4) is 0 Å². The number of benzene rings is 2. The van der Waals surface area contributed by atoms with Crippen molar-refractivity contribution in [2.45, 2.75) is 32.2 Å². The van der Waals surface area contributed by atoms with Crippen LogP contribution in [0.25, 0.3) is 0 Å². The Kier molecular flexibility index (Phi) is 6.21. The Balaban J connectivity index is 2.02. The number of aryl methyl sites for hydroxylation is 1. The Morgan fingerprint density at radius 3 is 2.52 bits per heavy atom. The van der Waals surface area contributed by atoms with Crippen molar-refractivity contribution in [1.29, 1.82) is 0 Å². The maximum atomic E-state index is 13.9. The van der Waals surface area contributed by atoms with E-state index in [9.17, 15) is 4.39 Å². The van der Waals surface area contributed by atoms with Crippen molar-refractivity contribution in [3.05, 3.63) is 70.5 Å². The molecule has 1 atom stereocenters. The van der Waals surface area contributed by atoms with Crippen molar-refractivity contribution in [3.8, 4) is 0 Å². The number of nitrogens with one attached hydrogen (secondary N) is 1. The van der Waals surface area contributed by atoms with Crippen LogP contribution in [-0.4, -0.2) is 12.6 Å². The summed E-state index contributed by atoms with van der Waals surface area (Å²) < 4.78 is 13.9. The second-order valence-electron chi connectivity index (χ2n) is 5.18. The predicted molar refractivity (Wildman–Crippen MR) is 87.3 cm³/mol. The number of rotatable bonds is 7. The summed E-state index contributed by atoms with van der Waals surface area (Å²) in [6.07, 6.45) is 2.55. The molecule has 1 nitrogen and oxygen atoms in total. The minimum atomic E-state index is -0.217. The van der Waals surface area contributed by atoms with Gasteiger partial charge >= 0.3 is 0 Å². The fourth-order valence-corrected chi connectivity index (χ4v) is 2.76. The summed E-state index contributed by atoms with van der Waals surface area (Å²) in [5.41, 5.74) is 1.92. The molecule has 2 aromatic carbocycles. The topological polar surface area (TPSA) is 12.0 Å². The van der Waals surface area contributed by atoms with Gasteiger partial charge in [0.2, 0.25) is 0 Å². The lowest BCUT2D eigenvalue weighted by atomic mass is 9.98. The van der Waals surface area contributed by atoms with Crippen molar-refractivity contribution < 1.29 is 4.39 Å².